The molecule has 0 nitrogen and oxygen atoms in total. The summed E-state index contributed by atoms with van der Waals surface area (Å²) in [5, 5.41) is 3.39. The topological polar surface area (TPSA) is 0 Å². The van der Waals surface area contributed by atoms with Crippen LogP contribution in [0.4, 0.5) is 0 Å². The Balaban J connectivity index is 0.000000569. The van der Waals surface area contributed by atoms with Gasteiger partial charge in [-0.25, -0.2) is 22.5 Å². The number of rotatable bonds is 10. The molecule has 2 aliphatic heterocycles. The summed E-state index contributed by atoms with van der Waals surface area (Å²) in [7, 11) is -1.87. The van der Waals surface area contributed by atoms with Gasteiger partial charge < -0.3 is 24.8 Å². The van der Waals surface area contributed by atoms with Gasteiger partial charge in [-0.15, -0.1) is 0 Å². The first-order valence-corrected chi connectivity index (χ1v) is 18.5. The maximum Gasteiger partial charge on any atom is 4.00 e. The Morgan fingerprint density at radius 1 is 0.667 bits per heavy atom. The van der Waals surface area contributed by atoms with Gasteiger partial charge >= 0.3 is 25.8 Å². The average Bonchev–Trinajstić information content (AvgIpc) is 3.35. The minimum atomic E-state index is -0.936. The van der Waals surface area contributed by atoms with E-state index in [4.69, 9.17) is 0 Å². The predicted molar refractivity (Wildman–Crippen MR) is 139 cm³/mol. The fourth-order valence-corrected chi connectivity index (χ4v) is 13.3. The molecule has 4 aliphatic rings. The first-order valence-electron chi connectivity index (χ1n) is 13.3. The zero-order chi connectivity index (χ0) is 21.5. The molecule has 4 rings (SSSR count). The normalized spacial score (nSPS) is 21.2. The quantitative estimate of drug-likeness (QED) is 0.245. The second kappa shape index (κ2) is 16.6. The Morgan fingerprint density at radius 3 is 1.27 bits per heavy atom. The van der Waals surface area contributed by atoms with Gasteiger partial charge in [-0.1, -0.05) is 128 Å². The van der Waals surface area contributed by atoms with E-state index in [1.165, 1.54) is 76.3 Å². The SMILES string of the molecule is CCCCC1=[C-]C([Si]2(CC)CCC2)=CC1.CCCCC1=[C-]C([Si]2(CC)CCC2)=CC1.[Cl-].[Cl-].[Hf+4]. The van der Waals surface area contributed by atoms with Gasteiger partial charge in [0.1, 0.15) is 0 Å². The zero-order valence-corrected chi connectivity index (χ0v) is 28.8. The van der Waals surface area contributed by atoms with Crippen molar-refractivity contribution in [3.05, 3.63) is 45.8 Å². The second-order valence-corrected chi connectivity index (χ2v) is 19.9. The van der Waals surface area contributed by atoms with Crippen molar-refractivity contribution in [1.29, 1.82) is 0 Å². The molecule has 184 valence electrons. The molecule has 0 unspecified atom stereocenters. The fourth-order valence-electron chi connectivity index (χ4n) is 5.68. The van der Waals surface area contributed by atoms with Gasteiger partial charge in [0.2, 0.25) is 0 Å². The third-order valence-electron chi connectivity index (χ3n) is 8.51. The number of halogens is 2. The Bertz CT molecular complexity index is 630. The molecule has 0 N–H and O–H groups in total. The molecule has 0 bridgehead atoms. The molecular weight excluding hydrogens is 642 g/mol. The van der Waals surface area contributed by atoms with E-state index < -0.39 is 16.1 Å². The van der Waals surface area contributed by atoms with Crippen molar-refractivity contribution < 1.29 is 50.7 Å². The fraction of sp³-hybridized carbons (Fsp3) is 0.714. The summed E-state index contributed by atoms with van der Waals surface area (Å²) in [5.74, 6) is 0. The van der Waals surface area contributed by atoms with Crippen LogP contribution in [-0.2, 0) is 25.8 Å². The summed E-state index contributed by atoms with van der Waals surface area (Å²) >= 11 is 0. The second-order valence-electron chi connectivity index (χ2n) is 10.3. The summed E-state index contributed by atoms with van der Waals surface area (Å²) in [6.45, 7) is 9.35. The van der Waals surface area contributed by atoms with E-state index in [0.29, 0.717) is 0 Å². The standard InChI is InChI=1S/2C14H23Si.2ClH.Hf/c2*1-3-5-7-13-8-9-14(12-13)15(4-2)10-6-11-15;;;/h2*9H,3-8,10-11H2,1-2H3;2*1H;/q2*-1;;;+4/p-2. The van der Waals surface area contributed by atoms with E-state index in [0.717, 1.165) is 0 Å². The maximum absolute atomic E-state index is 3.76. The average molecular weight is 688 g/mol. The van der Waals surface area contributed by atoms with Crippen LogP contribution in [0.5, 0.6) is 0 Å². The molecule has 2 saturated heterocycles. The van der Waals surface area contributed by atoms with Crippen molar-refractivity contribution in [3.8, 4) is 0 Å². The number of unbranched alkanes of at least 4 members (excludes halogenated alkanes) is 2. The zero-order valence-electron chi connectivity index (χ0n) is 21.7. The molecule has 0 radical (unpaired) electrons. The van der Waals surface area contributed by atoms with Gasteiger partial charge in [0.25, 0.3) is 0 Å². The number of allylic oxidation sites excluding steroid dienone is 8. The molecule has 5 heteroatoms. The summed E-state index contributed by atoms with van der Waals surface area (Å²) in [6.07, 6.45) is 25.9. The van der Waals surface area contributed by atoms with Crippen molar-refractivity contribution in [2.45, 2.75) is 128 Å². The van der Waals surface area contributed by atoms with Gasteiger partial charge in [-0.3, -0.25) is 12.2 Å². The Morgan fingerprint density at radius 2 is 1.03 bits per heavy atom. The molecule has 0 amide bonds. The van der Waals surface area contributed by atoms with Gasteiger partial charge in [-0.2, -0.15) is 11.1 Å². The molecular formula is C28H46Cl2HfSi2. The minimum absolute atomic E-state index is 0. The molecule has 2 heterocycles. The molecule has 0 spiro atoms. The first kappa shape index (κ1) is 33.8. The summed E-state index contributed by atoms with van der Waals surface area (Å²) in [6, 6.07) is 9.08. The monoisotopic (exact) mass is 688 g/mol. The third kappa shape index (κ3) is 8.44. The summed E-state index contributed by atoms with van der Waals surface area (Å²) in [4.78, 5) is 0. The largest absolute Gasteiger partial charge is 4.00 e. The van der Waals surface area contributed by atoms with E-state index in [2.05, 4.69) is 52.0 Å². The van der Waals surface area contributed by atoms with Crippen LogP contribution in [0.25, 0.3) is 0 Å². The molecule has 0 aromatic heterocycles. The van der Waals surface area contributed by atoms with Crippen LogP contribution in [0.3, 0.4) is 0 Å². The third-order valence-corrected chi connectivity index (χ3v) is 19.4. The molecule has 33 heavy (non-hydrogen) atoms. The van der Waals surface area contributed by atoms with Gasteiger partial charge in [0.15, 0.2) is 0 Å². The van der Waals surface area contributed by atoms with E-state index in [1.54, 1.807) is 45.7 Å². The molecule has 0 atom stereocenters. The Labute approximate surface area is 239 Å². The first-order chi connectivity index (χ1) is 14.6. The van der Waals surface area contributed by atoms with Gasteiger partial charge in [0, 0.05) is 16.1 Å². The van der Waals surface area contributed by atoms with Crippen molar-refractivity contribution >= 4 is 16.1 Å². The summed E-state index contributed by atoms with van der Waals surface area (Å²) < 4.78 is 0. The molecule has 0 aromatic rings. The van der Waals surface area contributed by atoms with Crippen LogP contribution in [0.15, 0.2) is 33.7 Å². The van der Waals surface area contributed by atoms with Crippen LogP contribution >= 0.6 is 0 Å². The molecule has 0 saturated carbocycles. The minimum Gasteiger partial charge on any atom is -1.00 e. The van der Waals surface area contributed by atoms with E-state index >= 15 is 0 Å². The van der Waals surface area contributed by atoms with Gasteiger partial charge in [-0.05, 0) is 0 Å². The Kier molecular flexibility index (Phi) is 17.0. The number of hydrogen-bond acceptors (Lipinski definition) is 0. The van der Waals surface area contributed by atoms with Crippen molar-refractivity contribution in [2.75, 3.05) is 0 Å². The molecule has 0 aromatic carbocycles. The molecule has 2 fully saturated rings. The van der Waals surface area contributed by atoms with E-state index in [1.807, 2.05) is 0 Å². The van der Waals surface area contributed by atoms with Crippen LogP contribution < -0.4 is 24.8 Å². The van der Waals surface area contributed by atoms with E-state index in [-0.39, 0.29) is 50.7 Å². The predicted octanol–water partition coefficient (Wildman–Crippen LogP) is 3.30. The number of hydrogen-bond donors (Lipinski definition) is 0. The van der Waals surface area contributed by atoms with Crippen molar-refractivity contribution in [1.82, 2.24) is 0 Å². The maximum atomic E-state index is 3.76. The van der Waals surface area contributed by atoms with Crippen molar-refractivity contribution in [3.63, 3.8) is 0 Å². The van der Waals surface area contributed by atoms with Gasteiger partial charge in [0.05, 0.1) is 0 Å². The molecule has 2 aliphatic carbocycles. The van der Waals surface area contributed by atoms with Crippen LogP contribution in [-0.4, -0.2) is 16.1 Å². The van der Waals surface area contributed by atoms with Crippen LogP contribution in [0, 0.1) is 12.2 Å². The smallest absolute Gasteiger partial charge is 1.00 e. The summed E-state index contributed by atoms with van der Waals surface area (Å²) in [5.41, 5.74) is 3.19. The van der Waals surface area contributed by atoms with Crippen LogP contribution in [0.2, 0.25) is 36.3 Å². The Hall–Kier alpha value is 0.844. The van der Waals surface area contributed by atoms with E-state index in [9.17, 15) is 0 Å². The van der Waals surface area contributed by atoms with Crippen LogP contribution in [0.1, 0.15) is 91.9 Å². The van der Waals surface area contributed by atoms with Crippen molar-refractivity contribution in [2.24, 2.45) is 0 Å².